The van der Waals surface area contributed by atoms with E-state index >= 15 is 0 Å². The second-order valence-corrected chi connectivity index (χ2v) is 16.2. The molecule has 1 unspecified atom stereocenters. The third-order valence-corrected chi connectivity index (χ3v) is 10.4. The second kappa shape index (κ2) is 20.9. The lowest BCUT2D eigenvalue weighted by atomic mass is 9.87. The molecule has 0 spiro atoms. The maximum atomic E-state index is 13.5. The monoisotopic (exact) mass is 829 g/mol. The number of hydrogen-bond acceptors (Lipinski definition) is 12. The van der Waals surface area contributed by atoms with Gasteiger partial charge >= 0.3 is 6.03 Å². The molecule has 16 heteroatoms. The van der Waals surface area contributed by atoms with Crippen LogP contribution < -0.4 is 26.0 Å². The van der Waals surface area contributed by atoms with Crippen molar-refractivity contribution in [2.24, 2.45) is 0 Å². The number of rotatable bonds is 20. The number of sulfone groups is 1. The van der Waals surface area contributed by atoms with Gasteiger partial charge in [-0.2, -0.15) is 0 Å². The number of methoxy groups -OCH3 is 3. The smallest absolute Gasteiger partial charge is 0.323 e. The van der Waals surface area contributed by atoms with E-state index in [1.807, 2.05) is 51.1 Å². The van der Waals surface area contributed by atoms with Crippen molar-refractivity contribution in [1.82, 2.24) is 10.3 Å². The normalized spacial score (nSPS) is 12.2. The molecule has 1 aromatic heterocycles. The van der Waals surface area contributed by atoms with Crippen LogP contribution in [0.2, 0.25) is 0 Å². The van der Waals surface area contributed by atoms with E-state index in [1.54, 1.807) is 67.9 Å². The summed E-state index contributed by atoms with van der Waals surface area (Å²) in [7, 11) is 0.545. The number of nitrogens with zero attached hydrogens (tertiary/aromatic N) is 1. The number of carbonyl (C=O) groups excluding carboxylic acids is 2. The Hall–Kier alpha value is -5.62. The van der Waals surface area contributed by atoms with Gasteiger partial charge in [0.1, 0.15) is 17.3 Å². The molecule has 15 nitrogen and oxygen atoms in total. The lowest BCUT2D eigenvalue weighted by Crippen LogP contribution is -2.39. The molecule has 314 valence electrons. The van der Waals surface area contributed by atoms with Gasteiger partial charge in [-0.1, -0.05) is 57.2 Å². The number of carbonyl (C=O) groups is 2. The maximum Gasteiger partial charge on any atom is 0.323 e. The first kappa shape index (κ1) is 44.5. The highest BCUT2D eigenvalue weighted by Crippen LogP contribution is 2.36. The maximum absolute atomic E-state index is 13.5. The van der Waals surface area contributed by atoms with Crippen LogP contribution in [0, 0.1) is 0 Å². The summed E-state index contributed by atoms with van der Waals surface area (Å²) in [6.07, 6.45) is 0.932. The standard InChI is InChI=1S/C43H51N5O10S/c1-43(2,3)30-14-17-38(59(51,52)28-54-5)36(25-30)47-42(50)46-35-15-16-37(34-13-8-7-12-33(34)35)58-32-18-19-44-39(26-32)45-31-11-9-10-29(24-31)41(49)48-40(55-6)27-57-23-22-56-21-20-53-4/h7-19,24-26,40H,20-23,27-28H2,1-6H3,(H,44,45)(H,48,49)(H2,46,47,50). The molecule has 0 aliphatic rings. The molecule has 0 aliphatic heterocycles. The molecular weight excluding hydrogens is 779 g/mol. The summed E-state index contributed by atoms with van der Waals surface area (Å²) in [5, 5.41) is 13.1. The Balaban J connectivity index is 1.25. The zero-order chi connectivity index (χ0) is 42.4. The molecule has 1 heterocycles. The van der Waals surface area contributed by atoms with Crippen molar-refractivity contribution in [3.63, 3.8) is 0 Å². The summed E-state index contributed by atoms with van der Waals surface area (Å²) in [6, 6.07) is 25.5. The fourth-order valence-corrected chi connectivity index (χ4v) is 6.99. The van der Waals surface area contributed by atoms with Crippen molar-refractivity contribution in [1.29, 1.82) is 0 Å². The number of aromatic nitrogens is 1. The average molecular weight is 830 g/mol. The van der Waals surface area contributed by atoms with Crippen LogP contribution in [0.15, 0.2) is 102 Å². The van der Waals surface area contributed by atoms with Gasteiger partial charge in [-0.15, -0.1) is 0 Å². The topological polar surface area (TPSA) is 185 Å². The van der Waals surface area contributed by atoms with Crippen LogP contribution in [0.4, 0.5) is 27.7 Å². The highest BCUT2D eigenvalue weighted by molar-refractivity contribution is 7.91. The van der Waals surface area contributed by atoms with Crippen molar-refractivity contribution >= 4 is 55.4 Å². The largest absolute Gasteiger partial charge is 0.457 e. The van der Waals surface area contributed by atoms with Crippen LogP contribution in [-0.4, -0.2) is 91.9 Å². The molecule has 5 aromatic rings. The number of nitrogens with one attached hydrogen (secondary N) is 4. The zero-order valence-electron chi connectivity index (χ0n) is 34.0. The fourth-order valence-electron chi connectivity index (χ4n) is 5.84. The molecule has 5 rings (SSSR count). The van der Waals surface area contributed by atoms with Crippen LogP contribution in [0.25, 0.3) is 10.8 Å². The van der Waals surface area contributed by atoms with Crippen molar-refractivity contribution in [3.05, 3.63) is 108 Å². The molecule has 0 radical (unpaired) electrons. The van der Waals surface area contributed by atoms with E-state index in [4.69, 9.17) is 28.4 Å². The number of hydrogen-bond donors (Lipinski definition) is 4. The summed E-state index contributed by atoms with van der Waals surface area (Å²) < 4.78 is 58.6. The van der Waals surface area contributed by atoms with E-state index in [0.29, 0.717) is 71.5 Å². The number of benzene rings is 4. The van der Waals surface area contributed by atoms with Crippen LogP contribution >= 0.6 is 0 Å². The minimum atomic E-state index is -3.85. The SMILES string of the molecule is COCCOCCOCC(NC(=O)c1cccc(Nc2cc(Oc3ccc(NC(=O)Nc4cc(C(C)(C)C)ccc4S(=O)(=O)COC)c4ccccc34)ccn2)c1)OC. The Morgan fingerprint density at radius 3 is 2.25 bits per heavy atom. The Kier molecular flexibility index (Phi) is 15.7. The summed E-state index contributed by atoms with van der Waals surface area (Å²) in [5.41, 5.74) is 2.18. The number of pyridine rings is 1. The second-order valence-electron chi connectivity index (χ2n) is 14.3. The first-order chi connectivity index (χ1) is 28.3. The van der Waals surface area contributed by atoms with E-state index in [9.17, 15) is 18.0 Å². The Morgan fingerprint density at radius 1 is 0.763 bits per heavy atom. The highest BCUT2D eigenvalue weighted by Gasteiger charge is 2.24. The number of ether oxygens (including phenoxy) is 6. The molecule has 59 heavy (non-hydrogen) atoms. The summed E-state index contributed by atoms with van der Waals surface area (Å²) in [5.74, 6) is 0.588. The summed E-state index contributed by atoms with van der Waals surface area (Å²) in [6.45, 7) is 7.85. The third kappa shape index (κ3) is 12.7. The quantitative estimate of drug-likeness (QED) is 0.0449. The molecule has 0 saturated heterocycles. The van der Waals surface area contributed by atoms with Crippen molar-refractivity contribution < 1.29 is 46.4 Å². The molecule has 1 atom stereocenters. The minimum Gasteiger partial charge on any atom is -0.457 e. The predicted octanol–water partition coefficient (Wildman–Crippen LogP) is 7.47. The van der Waals surface area contributed by atoms with E-state index < -0.39 is 28.0 Å². The van der Waals surface area contributed by atoms with Gasteiger partial charge in [0.25, 0.3) is 5.91 Å². The van der Waals surface area contributed by atoms with Gasteiger partial charge in [-0.25, -0.2) is 18.2 Å². The van der Waals surface area contributed by atoms with Crippen LogP contribution in [0.5, 0.6) is 11.5 Å². The number of amides is 3. The first-order valence-corrected chi connectivity index (χ1v) is 20.4. The molecule has 4 aromatic carbocycles. The van der Waals surface area contributed by atoms with Gasteiger partial charge in [0.05, 0.1) is 49.3 Å². The molecule has 0 saturated carbocycles. The van der Waals surface area contributed by atoms with E-state index in [1.165, 1.54) is 20.3 Å². The average Bonchev–Trinajstić information content (AvgIpc) is 3.20. The Labute approximate surface area is 344 Å². The van der Waals surface area contributed by atoms with E-state index in [2.05, 4.69) is 26.3 Å². The van der Waals surface area contributed by atoms with Crippen molar-refractivity contribution in [3.8, 4) is 11.5 Å². The summed E-state index contributed by atoms with van der Waals surface area (Å²) >= 11 is 0. The molecule has 4 N–H and O–H groups in total. The van der Waals surface area contributed by atoms with Gasteiger partial charge in [0.15, 0.2) is 12.2 Å². The molecule has 0 fully saturated rings. The van der Waals surface area contributed by atoms with E-state index in [0.717, 1.165) is 5.56 Å². The zero-order valence-corrected chi connectivity index (χ0v) is 34.8. The fraction of sp³-hybridized carbons (Fsp3) is 0.326. The Bertz CT molecular complexity index is 2320. The van der Waals surface area contributed by atoms with Gasteiger partial charge in [0.2, 0.25) is 9.84 Å². The highest BCUT2D eigenvalue weighted by atomic mass is 32.2. The third-order valence-electron chi connectivity index (χ3n) is 8.84. The lowest BCUT2D eigenvalue weighted by molar-refractivity contribution is -0.0282. The molecule has 0 aliphatic carbocycles. The van der Waals surface area contributed by atoms with Gasteiger partial charge in [-0.3, -0.25) is 4.79 Å². The predicted molar refractivity (Wildman–Crippen MR) is 227 cm³/mol. The summed E-state index contributed by atoms with van der Waals surface area (Å²) in [4.78, 5) is 30.9. The van der Waals surface area contributed by atoms with Crippen molar-refractivity contribution in [2.75, 3.05) is 76.3 Å². The number of anilines is 4. The minimum absolute atomic E-state index is 0.0468. The Morgan fingerprint density at radius 2 is 1.51 bits per heavy atom. The molecule has 0 bridgehead atoms. The number of urea groups is 1. The van der Waals surface area contributed by atoms with Crippen LogP contribution in [-0.2, 0) is 38.9 Å². The van der Waals surface area contributed by atoms with Gasteiger partial charge < -0.3 is 49.7 Å². The van der Waals surface area contributed by atoms with Crippen molar-refractivity contribution in [2.45, 2.75) is 37.3 Å². The lowest BCUT2D eigenvalue weighted by Gasteiger charge is -2.22. The molecule has 3 amide bonds. The van der Waals surface area contributed by atoms with E-state index in [-0.39, 0.29) is 28.5 Å². The van der Waals surface area contributed by atoms with Gasteiger partial charge in [-0.05, 0) is 59.5 Å². The number of fused-ring (bicyclic) bond motifs is 1. The van der Waals surface area contributed by atoms with Crippen LogP contribution in [0.1, 0.15) is 36.7 Å². The van der Waals surface area contributed by atoms with Crippen LogP contribution in [0.3, 0.4) is 0 Å². The first-order valence-electron chi connectivity index (χ1n) is 18.8. The van der Waals surface area contributed by atoms with Gasteiger partial charge in [0, 0.05) is 55.6 Å². The molecular formula is C43H51N5O10S.